The van der Waals surface area contributed by atoms with Crippen molar-refractivity contribution in [1.82, 2.24) is 15.0 Å². The maximum absolute atomic E-state index is 11.8. The minimum absolute atomic E-state index is 0.0758. The van der Waals surface area contributed by atoms with Crippen molar-refractivity contribution in [3.63, 3.8) is 0 Å². The molecular formula is C10H14N4O2. The molecule has 1 aromatic heterocycles. The van der Waals surface area contributed by atoms with Crippen LogP contribution in [0.2, 0.25) is 0 Å². The van der Waals surface area contributed by atoms with Crippen LogP contribution in [0.3, 0.4) is 0 Å². The second-order valence-electron chi connectivity index (χ2n) is 3.59. The third-order valence-corrected chi connectivity index (χ3v) is 2.31. The first-order valence-corrected chi connectivity index (χ1v) is 5.25. The van der Waals surface area contributed by atoms with Gasteiger partial charge < -0.3 is 10.5 Å². The van der Waals surface area contributed by atoms with Gasteiger partial charge in [-0.3, -0.25) is 4.79 Å². The number of rotatable bonds is 4. The van der Waals surface area contributed by atoms with E-state index in [1.54, 1.807) is 6.20 Å². The van der Waals surface area contributed by atoms with Crippen LogP contribution in [0.5, 0.6) is 0 Å². The van der Waals surface area contributed by atoms with Crippen LogP contribution in [0, 0.1) is 0 Å². The van der Waals surface area contributed by atoms with Gasteiger partial charge in [-0.15, -0.1) is 5.10 Å². The quantitative estimate of drug-likeness (QED) is 0.775. The third-order valence-electron chi connectivity index (χ3n) is 2.31. The van der Waals surface area contributed by atoms with E-state index in [1.807, 2.05) is 6.08 Å². The van der Waals surface area contributed by atoms with E-state index in [2.05, 4.69) is 10.3 Å². The molecule has 0 unspecified atom stereocenters. The maximum Gasteiger partial charge on any atom is 0.218 e. The second kappa shape index (κ2) is 4.89. The van der Waals surface area contributed by atoms with Gasteiger partial charge in [0.25, 0.3) is 0 Å². The van der Waals surface area contributed by atoms with E-state index >= 15 is 0 Å². The minimum atomic E-state index is -0.0758. The van der Waals surface area contributed by atoms with E-state index in [4.69, 9.17) is 10.5 Å². The van der Waals surface area contributed by atoms with Crippen LogP contribution < -0.4 is 5.73 Å². The molecule has 0 aromatic carbocycles. The molecule has 0 aliphatic carbocycles. The van der Waals surface area contributed by atoms with E-state index in [9.17, 15) is 4.79 Å². The summed E-state index contributed by atoms with van der Waals surface area (Å²) in [7, 11) is 0. The van der Waals surface area contributed by atoms with Crippen molar-refractivity contribution in [3.8, 4) is 0 Å². The SMILES string of the molecule is NCc1cn(CC(=O)C2=CCCCO2)nn1. The van der Waals surface area contributed by atoms with Crippen LogP contribution in [0.25, 0.3) is 0 Å². The zero-order valence-corrected chi connectivity index (χ0v) is 8.93. The molecule has 1 aliphatic rings. The van der Waals surface area contributed by atoms with Crippen molar-refractivity contribution in [3.05, 3.63) is 23.7 Å². The van der Waals surface area contributed by atoms with E-state index < -0.39 is 0 Å². The number of Topliss-reactive ketones (excluding diaryl/α,β-unsaturated/α-hetero) is 1. The molecule has 2 N–H and O–H groups in total. The van der Waals surface area contributed by atoms with Gasteiger partial charge in [-0.05, 0) is 18.9 Å². The molecule has 1 aliphatic heterocycles. The fourth-order valence-corrected chi connectivity index (χ4v) is 1.49. The highest BCUT2D eigenvalue weighted by Crippen LogP contribution is 2.11. The average molecular weight is 222 g/mol. The number of nitrogens with zero attached hydrogens (tertiary/aromatic N) is 3. The summed E-state index contributed by atoms with van der Waals surface area (Å²) in [4.78, 5) is 11.8. The standard InChI is InChI=1S/C10H14N4O2/c11-5-8-6-14(13-12-8)7-9(15)10-3-1-2-4-16-10/h3,6H,1-2,4-5,7,11H2. The summed E-state index contributed by atoms with van der Waals surface area (Å²) < 4.78 is 6.75. The third kappa shape index (κ3) is 2.46. The molecule has 0 fully saturated rings. The van der Waals surface area contributed by atoms with Gasteiger partial charge in [0.15, 0.2) is 5.76 Å². The molecule has 6 heteroatoms. The Balaban J connectivity index is 1.98. The van der Waals surface area contributed by atoms with Crippen LogP contribution in [0.4, 0.5) is 0 Å². The number of hydrogen-bond donors (Lipinski definition) is 1. The zero-order valence-electron chi connectivity index (χ0n) is 8.93. The molecule has 16 heavy (non-hydrogen) atoms. The first-order chi connectivity index (χ1) is 7.79. The topological polar surface area (TPSA) is 83.0 Å². The van der Waals surface area contributed by atoms with Crippen molar-refractivity contribution < 1.29 is 9.53 Å². The van der Waals surface area contributed by atoms with Gasteiger partial charge in [0.2, 0.25) is 5.78 Å². The Bertz CT molecular complexity index is 411. The molecular weight excluding hydrogens is 208 g/mol. The lowest BCUT2D eigenvalue weighted by molar-refractivity contribution is -0.120. The molecule has 0 atom stereocenters. The highest BCUT2D eigenvalue weighted by Gasteiger charge is 2.14. The fourth-order valence-electron chi connectivity index (χ4n) is 1.49. The van der Waals surface area contributed by atoms with E-state index in [-0.39, 0.29) is 12.3 Å². The molecule has 2 rings (SSSR count). The summed E-state index contributed by atoms with van der Waals surface area (Å²) in [6.07, 6.45) is 5.36. The second-order valence-corrected chi connectivity index (χ2v) is 3.59. The normalized spacial score (nSPS) is 15.4. The van der Waals surface area contributed by atoms with Gasteiger partial charge in [0, 0.05) is 6.54 Å². The van der Waals surface area contributed by atoms with Crippen LogP contribution in [0.1, 0.15) is 18.5 Å². The smallest absolute Gasteiger partial charge is 0.218 e. The van der Waals surface area contributed by atoms with Crippen molar-refractivity contribution in [2.75, 3.05) is 6.61 Å². The summed E-state index contributed by atoms with van der Waals surface area (Å²) in [6, 6.07) is 0. The highest BCUT2D eigenvalue weighted by molar-refractivity contribution is 5.93. The molecule has 0 saturated heterocycles. The first kappa shape index (κ1) is 10.8. The Morgan fingerprint density at radius 2 is 2.50 bits per heavy atom. The molecule has 0 spiro atoms. The highest BCUT2D eigenvalue weighted by atomic mass is 16.5. The number of carbonyl (C=O) groups excluding carboxylic acids is 1. The van der Waals surface area contributed by atoms with Gasteiger partial charge in [-0.2, -0.15) is 0 Å². The van der Waals surface area contributed by atoms with Crippen LogP contribution in [-0.2, 0) is 22.6 Å². The molecule has 6 nitrogen and oxygen atoms in total. The number of carbonyl (C=O) groups is 1. The Hall–Kier alpha value is -1.69. The molecule has 0 bridgehead atoms. The van der Waals surface area contributed by atoms with Gasteiger partial charge in [-0.1, -0.05) is 5.21 Å². The lowest BCUT2D eigenvalue weighted by atomic mass is 10.2. The number of aromatic nitrogens is 3. The largest absolute Gasteiger partial charge is 0.490 e. The molecule has 1 aromatic rings. The van der Waals surface area contributed by atoms with Gasteiger partial charge >= 0.3 is 0 Å². The number of nitrogens with two attached hydrogens (primary N) is 1. The summed E-state index contributed by atoms with van der Waals surface area (Å²) in [5.41, 5.74) is 6.07. The Labute approximate surface area is 93.1 Å². The van der Waals surface area contributed by atoms with Gasteiger partial charge in [0.1, 0.15) is 6.54 Å². The summed E-state index contributed by atoms with van der Waals surface area (Å²) >= 11 is 0. The number of allylic oxidation sites excluding steroid dienone is 2. The summed E-state index contributed by atoms with van der Waals surface area (Å²) in [5.74, 6) is 0.365. The molecule has 0 amide bonds. The predicted molar refractivity (Wildman–Crippen MR) is 56.2 cm³/mol. The van der Waals surface area contributed by atoms with E-state index in [1.165, 1.54) is 4.68 Å². The molecule has 0 radical (unpaired) electrons. The molecule has 2 heterocycles. The number of ketones is 1. The Morgan fingerprint density at radius 1 is 1.62 bits per heavy atom. The van der Waals surface area contributed by atoms with Crippen molar-refractivity contribution in [1.29, 1.82) is 0 Å². The minimum Gasteiger partial charge on any atom is -0.490 e. The average Bonchev–Trinajstić information content (AvgIpc) is 2.78. The Kier molecular flexibility index (Phi) is 3.31. The number of hydrogen-bond acceptors (Lipinski definition) is 5. The lowest BCUT2D eigenvalue weighted by Gasteiger charge is -2.13. The zero-order chi connectivity index (χ0) is 11.4. The lowest BCUT2D eigenvalue weighted by Crippen LogP contribution is -2.17. The van der Waals surface area contributed by atoms with E-state index in [0.29, 0.717) is 24.6 Å². The maximum atomic E-state index is 11.8. The summed E-state index contributed by atoms with van der Waals surface area (Å²) in [5, 5.41) is 7.61. The van der Waals surface area contributed by atoms with Crippen LogP contribution in [0.15, 0.2) is 18.0 Å². The van der Waals surface area contributed by atoms with E-state index in [0.717, 1.165) is 12.8 Å². The van der Waals surface area contributed by atoms with Gasteiger partial charge in [0.05, 0.1) is 18.5 Å². The van der Waals surface area contributed by atoms with Crippen LogP contribution >= 0.6 is 0 Å². The van der Waals surface area contributed by atoms with Crippen molar-refractivity contribution >= 4 is 5.78 Å². The predicted octanol–water partition coefficient (Wildman–Crippen LogP) is 0.000200. The fraction of sp³-hybridized carbons (Fsp3) is 0.500. The molecule has 0 saturated carbocycles. The van der Waals surface area contributed by atoms with Crippen molar-refractivity contribution in [2.45, 2.75) is 25.9 Å². The first-order valence-electron chi connectivity index (χ1n) is 5.25. The van der Waals surface area contributed by atoms with Gasteiger partial charge in [-0.25, -0.2) is 4.68 Å². The van der Waals surface area contributed by atoms with Crippen molar-refractivity contribution in [2.24, 2.45) is 5.73 Å². The summed E-state index contributed by atoms with van der Waals surface area (Å²) in [6.45, 7) is 1.09. The number of ether oxygens (including phenoxy) is 1. The molecule has 86 valence electrons. The monoisotopic (exact) mass is 222 g/mol. The Morgan fingerprint density at radius 3 is 3.12 bits per heavy atom. The van der Waals surface area contributed by atoms with Crippen LogP contribution in [-0.4, -0.2) is 27.4 Å².